The molecule has 3 heterocycles. The minimum Gasteiger partial charge on any atom is -0.255 e. The molecule has 0 unspecified atom stereocenters. The van der Waals surface area contributed by atoms with Gasteiger partial charge in [0, 0.05) is 34.6 Å². The fraction of sp³-hybridized carbons (Fsp3) is 0. The van der Waals surface area contributed by atoms with E-state index >= 15 is 0 Å². The summed E-state index contributed by atoms with van der Waals surface area (Å²) in [6.45, 7) is 0. The normalized spacial score (nSPS) is 10.9. The molecule has 0 spiro atoms. The highest BCUT2D eigenvalue weighted by Gasteiger charge is 2.13. The summed E-state index contributed by atoms with van der Waals surface area (Å²) < 4.78 is 0. The maximum absolute atomic E-state index is 4.99. The van der Waals surface area contributed by atoms with Gasteiger partial charge in [0.25, 0.3) is 0 Å². The minimum atomic E-state index is 0.628. The fourth-order valence-corrected chi connectivity index (χ4v) is 5.72. The minimum absolute atomic E-state index is 0.628. The summed E-state index contributed by atoms with van der Waals surface area (Å²) in [7, 11) is 0. The van der Waals surface area contributed by atoms with Crippen LogP contribution in [0.15, 0.2) is 176 Å². The van der Waals surface area contributed by atoms with Gasteiger partial charge in [-0.2, -0.15) is 0 Å². The van der Waals surface area contributed by atoms with Gasteiger partial charge in [-0.3, -0.25) is 9.97 Å². The lowest BCUT2D eigenvalue weighted by molar-refractivity contribution is 1.07. The van der Waals surface area contributed by atoms with Crippen LogP contribution < -0.4 is 0 Å². The van der Waals surface area contributed by atoms with Gasteiger partial charge in [0.2, 0.25) is 0 Å². The molecule has 0 N–H and O–H groups in total. The van der Waals surface area contributed by atoms with Crippen molar-refractivity contribution in [1.29, 1.82) is 0 Å². The average Bonchev–Trinajstić information content (AvgIpc) is 3.19. The Bertz CT molecular complexity index is 2290. The van der Waals surface area contributed by atoms with Crippen molar-refractivity contribution in [2.24, 2.45) is 0 Å². The summed E-state index contributed by atoms with van der Waals surface area (Å²) in [5.74, 6) is 1.90. The molecule has 0 amide bonds. The van der Waals surface area contributed by atoms with Crippen LogP contribution in [0.4, 0.5) is 0 Å². The molecule has 0 atom stereocenters. The highest BCUT2D eigenvalue weighted by molar-refractivity contribution is 5.75. The lowest BCUT2D eigenvalue weighted by Crippen LogP contribution is -2.00. The Kier molecular flexibility index (Phi) is 7.83. The van der Waals surface area contributed by atoms with E-state index in [1.54, 1.807) is 6.20 Å². The van der Waals surface area contributed by atoms with Gasteiger partial charge in [-0.15, -0.1) is 0 Å². The highest BCUT2D eigenvalue weighted by atomic mass is 15.0. The van der Waals surface area contributed by atoms with E-state index in [0.717, 1.165) is 55.9 Å². The standard InChI is InChI=1S/C43H29N5/c1-3-10-30(11-4-1)31-21-23-35(24-22-31)42-46-41(34-12-5-2-6-13-34)47-43(48-42)37-15-9-14-36(28-37)32-17-19-33(20-18-32)38-25-26-40(45-29-38)39-16-7-8-27-44-39/h1-29H. The zero-order valence-electron chi connectivity index (χ0n) is 26.0. The van der Waals surface area contributed by atoms with Crippen molar-refractivity contribution < 1.29 is 0 Å². The number of rotatable bonds is 7. The first kappa shape index (κ1) is 28.9. The van der Waals surface area contributed by atoms with Gasteiger partial charge < -0.3 is 0 Å². The molecule has 3 aromatic heterocycles. The van der Waals surface area contributed by atoms with Gasteiger partial charge >= 0.3 is 0 Å². The first-order valence-corrected chi connectivity index (χ1v) is 15.8. The first-order chi connectivity index (χ1) is 23.8. The molecule has 226 valence electrons. The van der Waals surface area contributed by atoms with Crippen molar-refractivity contribution in [3.8, 4) is 78.9 Å². The van der Waals surface area contributed by atoms with Crippen LogP contribution in [0.5, 0.6) is 0 Å². The number of nitrogens with zero attached hydrogens (tertiary/aromatic N) is 5. The Morgan fingerprint density at radius 2 is 0.708 bits per heavy atom. The van der Waals surface area contributed by atoms with Gasteiger partial charge in [0.15, 0.2) is 17.5 Å². The van der Waals surface area contributed by atoms with Crippen molar-refractivity contribution in [2.75, 3.05) is 0 Å². The molecule has 0 aliphatic rings. The maximum atomic E-state index is 4.99. The smallest absolute Gasteiger partial charge is 0.164 e. The predicted octanol–water partition coefficient (Wildman–Crippen LogP) is 10.3. The van der Waals surface area contributed by atoms with E-state index in [0.29, 0.717) is 17.5 Å². The molecule has 0 fully saturated rings. The van der Waals surface area contributed by atoms with Gasteiger partial charge in [-0.1, -0.05) is 140 Å². The molecule has 5 nitrogen and oxygen atoms in total. The highest BCUT2D eigenvalue weighted by Crippen LogP contribution is 2.31. The Hall–Kier alpha value is -6.59. The predicted molar refractivity (Wildman–Crippen MR) is 193 cm³/mol. The zero-order valence-corrected chi connectivity index (χ0v) is 26.0. The lowest BCUT2D eigenvalue weighted by Gasteiger charge is -2.10. The Labute approximate surface area is 279 Å². The molecule has 8 aromatic rings. The Morgan fingerprint density at radius 1 is 0.271 bits per heavy atom. The van der Waals surface area contributed by atoms with Gasteiger partial charge in [-0.25, -0.2) is 15.0 Å². The second kappa shape index (κ2) is 13.0. The second-order valence-electron chi connectivity index (χ2n) is 11.4. The summed E-state index contributed by atoms with van der Waals surface area (Å²) in [4.78, 5) is 23.9. The van der Waals surface area contributed by atoms with Crippen molar-refractivity contribution in [3.63, 3.8) is 0 Å². The maximum Gasteiger partial charge on any atom is 0.164 e. The van der Waals surface area contributed by atoms with Crippen LogP contribution in [0, 0.1) is 0 Å². The van der Waals surface area contributed by atoms with Crippen LogP contribution in [0.25, 0.3) is 78.9 Å². The van der Waals surface area contributed by atoms with Gasteiger partial charge in [0.1, 0.15) is 0 Å². The molecule has 0 radical (unpaired) electrons. The summed E-state index contributed by atoms with van der Waals surface area (Å²) >= 11 is 0. The number of benzene rings is 5. The van der Waals surface area contributed by atoms with Crippen molar-refractivity contribution in [2.45, 2.75) is 0 Å². The topological polar surface area (TPSA) is 64.5 Å². The molecule has 0 aliphatic heterocycles. The molecular weight excluding hydrogens is 587 g/mol. The summed E-state index contributed by atoms with van der Waals surface area (Å²) in [5.41, 5.74) is 11.2. The molecule has 48 heavy (non-hydrogen) atoms. The first-order valence-electron chi connectivity index (χ1n) is 15.8. The summed E-state index contributed by atoms with van der Waals surface area (Å²) in [6, 6.07) is 55.7. The van der Waals surface area contributed by atoms with Crippen LogP contribution in [0.2, 0.25) is 0 Å². The van der Waals surface area contributed by atoms with Gasteiger partial charge in [-0.05, 0) is 52.1 Å². The third-order valence-corrected chi connectivity index (χ3v) is 8.28. The van der Waals surface area contributed by atoms with Crippen molar-refractivity contribution in [3.05, 3.63) is 176 Å². The fourth-order valence-electron chi connectivity index (χ4n) is 5.72. The van der Waals surface area contributed by atoms with Crippen molar-refractivity contribution in [1.82, 2.24) is 24.9 Å². The third-order valence-electron chi connectivity index (χ3n) is 8.28. The van der Waals surface area contributed by atoms with Crippen LogP contribution in [0.1, 0.15) is 0 Å². The van der Waals surface area contributed by atoms with Crippen LogP contribution in [-0.2, 0) is 0 Å². The van der Waals surface area contributed by atoms with Crippen LogP contribution in [-0.4, -0.2) is 24.9 Å². The van der Waals surface area contributed by atoms with E-state index in [2.05, 4.69) is 113 Å². The number of pyridine rings is 2. The number of hydrogen-bond donors (Lipinski definition) is 0. The van der Waals surface area contributed by atoms with Crippen LogP contribution in [0.3, 0.4) is 0 Å². The molecule has 0 saturated carbocycles. The Balaban J connectivity index is 1.11. The van der Waals surface area contributed by atoms with E-state index in [-0.39, 0.29) is 0 Å². The Morgan fingerprint density at radius 3 is 1.31 bits per heavy atom. The van der Waals surface area contributed by atoms with Gasteiger partial charge in [0.05, 0.1) is 11.4 Å². The quantitative estimate of drug-likeness (QED) is 0.178. The second-order valence-corrected chi connectivity index (χ2v) is 11.4. The van der Waals surface area contributed by atoms with Crippen LogP contribution >= 0.6 is 0 Å². The van der Waals surface area contributed by atoms with E-state index in [9.17, 15) is 0 Å². The molecule has 0 saturated heterocycles. The average molecular weight is 616 g/mol. The third kappa shape index (κ3) is 6.13. The molecule has 0 bridgehead atoms. The van der Waals surface area contributed by atoms with E-state index in [1.165, 1.54) is 5.56 Å². The van der Waals surface area contributed by atoms with E-state index < -0.39 is 0 Å². The number of aromatic nitrogens is 5. The van der Waals surface area contributed by atoms with E-state index in [1.807, 2.05) is 66.9 Å². The van der Waals surface area contributed by atoms with E-state index in [4.69, 9.17) is 15.0 Å². The lowest BCUT2D eigenvalue weighted by atomic mass is 9.99. The molecule has 5 aromatic carbocycles. The molecule has 8 rings (SSSR count). The largest absolute Gasteiger partial charge is 0.255 e. The zero-order chi connectivity index (χ0) is 32.1. The summed E-state index contributed by atoms with van der Waals surface area (Å²) in [5, 5.41) is 0. The molecule has 0 aliphatic carbocycles. The summed E-state index contributed by atoms with van der Waals surface area (Å²) in [6.07, 6.45) is 3.68. The monoisotopic (exact) mass is 615 g/mol. The SMILES string of the molecule is c1ccc(-c2ccc(-c3nc(-c4ccccc4)nc(-c4cccc(-c5ccc(-c6ccc(-c7ccccn7)nc6)cc5)c4)n3)cc2)cc1. The number of hydrogen-bond acceptors (Lipinski definition) is 5. The molecular formula is C43H29N5. The van der Waals surface area contributed by atoms with Crippen molar-refractivity contribution >= 4 is 0 Å². The molecule has 5 heteroatoms.